The fraction of sp³-hybridized carbons (Fsp3) is 0.842. The van der Waals surface area contributed by atoms with Crippen molar-refractivity contribution in [1.82, 2.24) is 15.1 Å². The monoisotopic (exact) mass is 364 g/mol. The molecule has 1 saturated heterocycles. The lowest BCUT2D eigenvalue weighted by atomic mass is 9.85. The van der Waals surface area contributed by atoms with E-state index in [-0.39, 0.29) is 17.9 Å². The third-order valence-corrected chi connectivity index (χ3v) is 5.99. The second kappa shape index (κ2) is 7.55. The van der Waals surface area contributed by atoms with Gasteiger partial charge in [-0.15, -0.1) is 0 Å². The molecule has 2 heterocycles. The van der Waals surface area contributed by atoms with Crippen LogP contribution in [0.2, 0.25) is 0 Å². The Morgan fingerprint density at radius 3 is 2.85 bits per heavy atom. The highest BCUT2D eigenvalue weighted by molar-refractivity contribution is 6.08. The van der Waals surface area contributed by atoms with Crippen LogP contribution >= 0.6 is 0 Å². The number of likely N-dealkylation sites (tertiary alicyclic amines) is 1. The summed E-state index contributed by atoms with van der Waals surface area (Å²) in [4.78, 5) is 34.4. The molecule has 1 spiro atoms. The van der Waals surface area contributed by atoms with E-state index in [1.807, 2.05) is 16.7 Å². The number of carbonyl (C=O) groups is 2. The van der Waals surface area contributed by atoms with Crippen molar-refractivity contribution in [1.29, 1.82) is 0 Å². The van der Waals surface area contributed by atoms with Gasteiger partial charge < -0.3 is 15.0 Å². The van der Waals surface area contributed by atoms with Gasteiger partial charge >= 0.3 is 6.03 Å². The van der Waals surface area contributed by atoms with Gasteiger partial charge in [0.2, 0.25) is 0 Å². The molecule has 3 amide bonds. The first kappa shape index (κ1) is 19.1. The summed E-state index contributed by atoms with van der Waals surface area (Å²) in [6.45, 7) is 9.31. The third kappa shape index (κ3) is 3.21. The molecule has 0 unspecified atom stereocenters. The van der Waals surface area contributed by atoms with E-state index in [4.69, 9.17) is 9.73 Å². The zero-order valence-electron chi connectivity index (χ0n) is 16.5. The molecule has 0 radical (unpaired) electrons. The van der Waals surface area contributed by atoms with Crippen molar-refractivity contribution in [2.24, 2.45) is 22.7 Å². The number of nitrogens with zero attached hydrogens (tertiary/aromatic N) is 3. The predicted octanol–water partition coefficient (Wildman–Crippen LogP) is 1.73. The van der Waals surface area contributed by atoms with Crippen LogP contribution in [0.3, 0.4) is 0 Å². The summed E-state index contributed by atoms with van der Waals surface area (Å²) in [5.41, 5.74) is -0.656. The minimum absolute atomic E-state index is 0.00960. The average molecular weight is 364 g/mol. The number of fused-ring (bicyclic) bond motifs is 2. The summed E-state index contributed by atoms with van der Waals surface area (Å²) in [5, 5.41) is 3.00. The SMILES string of the molecule is CCC1=N[C@]2(CC[C@H]3CN(C(=O)NCC(C)C)C[C@H]32)C(=O)N1CCOC. The zero-order valence-corrected chi connectivity index (χ0v) is 16.5. The smallest absolute Gasteiger partial charge is 0.317 e. The number of carbonyl (C=O) groups excluding carboxylic acids is 2. The van der Waals surface area contributed by atoms with Crippen LogP contribution in [0.5, 0.6) is 0 Å². The maximum absolute atomic E-state index is 13.3. The van der Waals surface area contributed by atoms with Crippen molar-refractivity contribution in [2.45, 2.75) is 45.6 Å². The molecule has 0 bridgehead atoms. The van der Waals surface area contributed by atoms with Crippen molar-refractivity contribution in [3.63, 3.8) is 0 Å². The molecule has 7 heteroatoms. The van der Waals surface area contributed by atoms with Gasteiger partial charge in [-0.25, -0.2) is 4.79 Å². The van der Waals surface area contributed by atoms with Crippen LogP contribution in [-0.4, -0.2) is 73.0 Å². The summed E-state index contributed by atoms with van der Waals surface area (Å²) in [6.07, 6.45) is 2.51. The minimum atomic E-state index is -0.656. The maximum atomic E-state index is 13.3. The Labute approximate surface area is 156 Å². The molecule has 2 fully saturated rings. The first-order valence-corrected chi connectivity index (χ1v) is 9.85. The molecule has 26 heavy (non-hydrogen) atoms. The van der Waals surface area contributed by atoms with E-state index in [0.29, 0.717) is 38.1 Å². The highest BCUT2D eigenvalue weighted by Gasteiger charge is 2.61. The molecule has 7 nitrogen and oxygen atoms in total. The van der Waals surface area contributed by atoms with E-state index < -0.39 is 5.54 Å². The Bertz CT molecular complexity index is 591. The molecular weight excluding hydrogens is 332 g/mol. The van der Waals surface area contributed by atoms with Gasteiger partial charge in [0.25, 0.3) is 5.91 Å². The Balaban J connectivity index is 1.73. The van der Waals surface area contributed by atoms with Crippen LogP contribution in [0.4, 0.5) is 4.79 Å². The maximum Gasteiger partial charge on any atom is 0.317 e. The predicted molar refractivity (Wildman–Crippen MR) is 100 cm³/mol. The zero-order chi connectivity index (χ0) is 18.9. The summed E-state index contributed by atoms with van der Waals surface area (Å²) >= 11 is 0. The molecule has 146 valence electrons. The molecule has 1 saturated carbocycles. The van der Waals surface area contributed by atoms with Crippen LogP contribution in [0, 0.1) is 17.8 Å². The van der Waals surface area contributed by atoms with Crippen LogP contribution in [0.1, 0.15) is 40.0 Å². The first-order chi connectivity index (χ1) is 12.4. The van der Waals surface area contributed by atoms with Crippen molar-refractivity contribution >= 4 is 17.8 Å². The molecule has 0 aromatic carbocycles. The van der Waals surface area contributed by atoms with E-state index in [1.165, 1.54) is 0 Å². The summed E-state index contributed by atoms with van der Waals surface area (Å²) in [7, 11) is 1.65. The molecule has 0 aromatic rings. The van der Waals surface area contributed by atoms with Crippen molar-refractivity contribution in [3.05, 3.63) is 0 Å². The van der Waals surface area contributed by atoms with Gasteiger partial charge in [0.05, 0.1) is 13.2 Å². The number of urea groups is 1. The number of hydrogen-bond acceptors (Lipinski definition) is 4. The number of amides is 3. The van der Waals surface area contributed by atoms with Crippen LogP contribution in [-0.2, 0) is 9.53 Å². The molecule has 3 rings (SSSR count). The van der Waals surface area contributed by atoms with E-state index in [1.54, 1.807) is 7.11 Å². The quantitative estimate of drug-likeness (QED) is 0.780. The lowest BCUT2D eigenvalue weighted by Crippen LogP contribution is -2.48. The van der Waals surface area contributed by atoms with Gasteiger partial charge in [-0.3, -0.25) is 14.7 Å². The minimum Gasteiger partial charge on any atom is -0.383 e. The highest BCUT2D eigenvalue weighted by Crippen LogP contribution is 2.50. The van der Waals surface area contributed by atoms with Crippen molar-refractivity contribution in [3.8, 4) is 0 Å². The fourth-order valence-corrected chi connectivity index (χ4v) is 4.64. The largest absolute Gasteiger partial charge is 0.383 e. The normalized spacial score (nSPS) is 30.5. The highest BCUT2D eigenvalue weighted by atomic mass is 16.5. The molecule has 2 aliphatic heterocycles. The first-order valence-electron chi connectivity index (χ1n) is 9.85. The van der Waals surface area contributed by atoms with Gasteiger partial charge in [0.15, 0.2) is 0 Å². The van der Waals surface area contributed by atoms with Crippen LogP contribution in [0.25, 0.3) is 0 Å². The average Bonchev–Trinajstić information content (AvgIpc) is 3.26. The third-order valence-electron chi connectivity index (χ3n) is 5.99. The van der Waals surface area contributed by atoms with E-state index in [0.717, 1.165) is 31.6 Å². The van der Waals surface area contributed by atoms with Gasteiger partial charge in [0.1, 0.15) is 11.4 Å². The van der Waals surface area contributed by atoms with Gasteiger partial charge in [-0.2, -0.15) is 0 Å². The van der Waals surface area contributed by atoms with Gasteiger partial charge in [-0.1, -0.05) is 20.8 Å². The standard InChI is InChI=1S/C19H32N4O3/c1-5-16-21-19(17(24)23(16)8-9-26-4)7-6-14-11-22(12-15(14)19)18(25)20-10-13(2)3/h13-15H,5-12H2,1-4H3,(H,20,25)/t14-,15+,19-/m0/s1. The Morgan fingerprint density at radius 2 is 2.19 bits per heavy atom. The number of methoxy groups -OCH3 is 1. The fourth-order valence-electron chi connectivity index (χ4n) is 4.64. The summed E-state index contributed by atoms with van der Waals surface area (Å²) in [6, 6.07) is -0.00960. The van der Waals surface area contributed by atoms with E-state index >= 15 is 0 Å². The van der Waals surface area contributed by atoms with Crippen LogP contribution in [0.15, 0.2) is 4.99 Å². The van der Waals surface area contributed by atoms with E-state index in [9.17, 15) is 9.59 Å². The lowest BCUT2D eigenvalue weighted by Gasteiger charge is -2.28. The molecule has 1 N–H and O–H groups in total. The second-order valence-electron chi connectivity index (χ2n) is 8.15. The van der Waals surface area contributed by atoms with E-state index in [2.05, 4.69) is 19.2 Å². The Hall–Kier alpha value is -1.63. The molecule has 3 atom stereocenters. The topological polar surface area (TPSA) is 74.2 Å². The summed E-state index contributed by atoms with van der Waals surface area (Å²) in [5.74, 6) is 1.91. The number of nitrogens with one attached hydrogen (secondary N) is 1. The Morgan fingerprint density at radius 1 is 1.42 bits per heavy atom. The molecule has 1 aliphatic carbocycles. The second-order valence-corrected chi connectivity index (χ2v) is 8.15. The number of rotatable bonds is 6. The van der Waals surface area contributed by atoms with Crippen molar-refractivity contribution in [2.75, 3.05) is 39.9 Å². The lowest BCUT2D eigenvalue weighted by molar-refractivity contribution is -0.132. The van der Waals surface area contributed by atoms with Crippen molar-refractivity contribution < 1.29 is 14.3 Å². The molecule has 3 aliphatic rings. The van der Waals surface area contributed by atoms with Gasteiger partial charge in [0, 0.05) is 39.1 Å². The summed E-state index contributed by atoms with van der Waals surface area (Å²) < 4.78 is 5.17. The number of ether oxygens (including phenoxy) is 1. The van der Waals surface area contributed by atoms with Crippen LogP contribution < -0.4 is 5.32 Å². The number of amidine groups is 1. The Kier molecular flexibility index (Phi) is 5.55. The molecular formula is C19H32N4O3. The van der Waals surface area contributed by atoms with Gasteiger partial charge in [-0.05, 0) is 24.7 Å². The number of aliphatic imine (C=N–C) groups is 1. The number of hydrogen-bond donors (Lipinski definition) is 1. The molecule has 0 aromatic heterocycles.